The molecule has 0 aliphatic carbocycles. The van der Waals surface area contributed by atoms with Gasteiger partial charge in [-0.1, -0.05) is 0 Å². The second kappa shape index (κ2) is 5.42. The standard InChI is InChI=1S/C10H19N3OS/c1-8(15(4)14)5-11-6-10-7-13(3)12-9(10)2/h7-8,11H,5-6H2,1-4H3. The molecule has 1 aromatic rings. The van der Waals surface area contributed by atoms with Gasteiger partial charge < -0.3 is 5.32 Å². The Morgan fingerprint density at radius 3 is 2.80 bits per heavy atom. The minimum absolute atomic E-state index is 0.196. The Hall–Kier alpha value is -0.680. The van der Waals surface area contributed by atoms with Crippen LogP contribution in [0.4, 0.5) is 0 Å². The molecule has 0 amide bonds. The lowest BCUT2D eigenvalue weighted by Crippen LogP contribution is -2.27. The summed E-state index contributed by atoms with van der Waals surface area (Å²) in [4.78, 5) is 0. The van der Waals surface area contributed by atoms with E-state index < -0.39 is 10.8 Å². The first-order valence-corrected chi connectivity index (χ1v) is 6.65. The third-order valence-electron chi connectivity index (χ3n) is 2.43. The summed E-state index contributed by atoms with van der Waals surface area (Å²) in [6, 6.07) is 0. The minimum atomic E-state index is -0.752. The van der Waals surface area contributed by atoms with Crippen LogP contribution in [-0.2, 0) is 24.4 Å². The van der Waals surface area contributed by atoms with Gasteiger partial charge >= 0.3 is 0 Å². The van der Waals surface area contributed by atoms with Gasteiger partial charge in [0.1, 0.15) is 0 Å². The Morgan fingerprint density at radius 2 is 2.33 bits per heavy atom. The fourth-order valence-corrected chi connectivity index (χ4v) is 1.70. The van der Waals surface area contributed by atoms with Gasteiger partial charge in [0.05, 0.1) is 5.69 Å². The van der Waals surface area contributed by atoms with Gasteiger partial charge in [-0.3, -0.25) is 8.89 Å². The zero-order valence-corrected chi connectivity index (χ0v) is 10.6. The lowest BCUT2D eigenvalue weighted by molar-refractivity contribution is 0.646. The maximum atomic E-state index is 11.1. The number of aromatic nitrogens is 2. The fraction of sp³-hybridized carbons (Fsp3) is 0.700. The quantitative estimate of drug-likeness (QED) is 0.803. The molecule has 0 aliphatic rings. The number of nitrogens with zero attached hydrogens (tertiary/aromatic N) is 2. The second-order valence-corrected chi connectivity index (χ2v) is 5.66. The minimum Gasteiger partial charge on any atom is -0.311 e. The summed E-state index contributed by atoms with van der Waals surface area (Å²) < 4.78 is 12.9. The molecule has 0 fully saturated rings. The first kappa shape index (κ1) is 12.4. The van der Waals surface area contributed by atoms with Crippen molar-refractivity contribution >= 4 is 10.8 Å². The van der Waals surface area contributed by atoms with Gasteiger partial charge in [0.25, 0.3) is 0 Å². The van der Waals surface area contributed by atoms with Gasteiger partial charge in [-0.2, -0.15) is 5.10 Å². The van der Waals surface area contributed by atoms with Crippen LogP contribution < -0.4 is 5.32 Å². The predicted octanol–water partition coefficient (Wildman–Crippen LogP) is 0.585. The molecule has 4 nitrogen and oxygen atoms in total. The highest BCUT2D eigenvalue weighted by molar-refractivity contribution is 7.84. The van der Waals surface area contributed by atoms with Crippen LogP contribution >= 0.6 is 0 Å². The summed E-state index contributed by atoms with van der Waals surface area (Å²) in [6.45, 7) is 5.55. The number of hydrogen-bond donors (Lipinski definition) is 1. The maximum Gasteiger partial charge on any atom is 0.0638 e. The number of hydrogen-bond acceptors (Lipinski definition) is 3. The normalized spacial score (nSPS) is 15.2. The molecule has 86 valence electrons. The lowest BCUT2D eigenvalue weighted by atomic mass is 10.2. The van der Waals surface area contributed by atoms with Crippen LogP contribution in [0.5, 0.6) is 0 Å². The van der Waals surface area contributed by atoms with Crippen molar-refractivity contribution in [1.82, 2.24) is 15.1 Å². The van der Waals surface area contributed by atoms with E-state index in [9.17, 15) is 4.21 Å². The van der Waals surface area contributed by atoms with E-state index in [2.05, 4.69) is 10.4 Å². The van der Waals surface area contributed by atoms with Gasteiger partial charge in [-0.15, -0.1) is 0 Å². The third-order valence-corrected chi connectivity index (χ3v) is 3.73. The molecule has 1 N–H and O–H groups in total. The van der Waals surface area contributed by atoms with Crippen molar-refractivity contribution in [2.24, 2.45) is 7.05 Å². The largest absolute Gasteiger partial charge is 0.311 e. The van der Waals surface area contributed by atoms with Crippen LogP contribution in [0.3, 0.4) is 0 Å². The average molecular weight is 229 g/mol. The van der Waals surface area contributed by atoms with E-state index in [0.29, 0.717) is 0 Å². The second-order valence-electron chi connectivity index (χ2n) is 3.85. The first-order chi connectivity index (χ1) is 7.00. The highest BCUT2D eigenvalue weighted by Gasteiger charge is 2.06. The lowest BCUT2D eigenvalue weighted by Gasteiger charge is -2.08. The van der Waals surface area contributed by atoms with Crippen LogP contribution in [0, 0.1) is 6.92 Å². The number of aryl methyl sites for hydroxylation is 2. The van der Waals surface area contributed by atoms with E-state index in [-0.39, 0.29) is 5.25 Å². The molecule has 0 spiro atoms. The van der Waals surface area contributed by atoms with Crippen molar-refractivity contribution in [1.29, 1.82) is 0 Å². The number of nitrogens with one attached hydrogen (secondary N) is 1. The topological polar surface area (TPSA) is 46.9 Å². The molecule has 1 heterocycles. The molecule has 0 aliphatic heterocycles. The van der Waals surface area contributed by atoms with Gasteiger partial charge in [0.2, 0.25) is 0 Å². The van der Waals surface area contributed by atoms with Gasteiger partial charge in [0, 0.05) is 54.2 Å². The molecule has 2 atom stereocenters. The van der Waals surface area contributed by atoms with E-state index in [1.165, 1.54) is 5.56 Å². The van der Waals surface area contributed by atoms with Crippen molar-refractivity contribution in [3.63, 3.8) is 0 Å². The summed E-state index contributed by atoms with van der Waals surface area (Å²) in [5.74, 6) is 0. The van der Waals surface area contributed by atoms with Crippen LogP contribution in [0.1, 0.15) is 18.2 Å². The predicted molar refractivity (Wildman–Crippen MR) is 63.2 cm³/mol. The van der Waals surface area contributed by atoms with E-state index in [4.69, 9.17) is 0 Å². The maximum absolute atomic E-state index is 11.1. The summed E-state index contributed by atoms with van der Waals surface area (Å²) >= 11 is 0. The smallest absolute Gasteiger partial charge is 0.0638 e. The van der Waals surface area contributed by atoms with Gasteiger partial charge in [0.15, 0.2) is 0 Å². The van der Waals surface area contributed by atoms with Crippen LogP contribution in [0.15, 0.2) is 6.20 Å². The van der Waals surface area contributed by atoms with Crippen molar-refractivity contribution in [2.75, 3.05) is 12.8 Å². The molecule has 0 aromatic carbocycles. The molecule has 5 heteroatoms. The van der Waals surface area contributed by atoms with E-state index in [1.54, 1.807) is 6.26 Å². The zero-order valence-electron chi connectivity index (χ0n) is 9.78. The van der Waals surface area contributed by atoms with E-state index in [0.717, 1.165) is 18.8 Å². The van der Waals surface area contributed by atoms with Crippen LogP contribution in [0.25, 0.3) is 0 Å². The first-order valence-electron chi connectivity index (χ1n) is 5.02. The monoisotopic (exact) mass is 229 g/mol. The van der Waals surface area contributed by atoms with Gasteiger partial charge in [-0.25, -0.2) is 0 Å². The van der Waals surface area contributed by atoms with Crippen molar-refractivity contribution in [3.8, 4) is 0 Å². The molecule has 0 saturated heterocycles. The Morgan fingerprint density at radius 1 is 1.67 bits per heavy atom. The third kappa shape index (κ3) is 3.76. The summed E-state index contributed by atoms with van der Waals surface area (Å²) in [5.41, 5.74) is 2.25. The fourth-order valence-electron chi connectivity index (χ4n) is 1.35. The van der Waals surface area contributed by atoms with Crippen molar-refractivity contribution in [2.45, 2.75) is 25.6 Å². The summed E-state index contributed by atoms with van der Waals surface area (Å²) in [7, 11) is 1.17. The molecule has 15 heavy (non-hydrogen) atoms. The molecular formula is C10H19N3OS. The Labute approximate surface area is 93.5 Å². The highest BCUT2D eigenvalue weighted by Crippen LogP contribution is 2.03. The van der Waals surface area contributed by atoms with Crippen molar-refractivity contribution in [3.05, 3.63) is 17.5 Å². The Bertz CT molecular complexity index is 348. The number of rotatable bonds is 5. The molecule has 0 radical (unpaired) electrons. The van der Waals surface area contributed by atoms with E-state index in [1.807, 2.05) is 31.8 Å². The Kier molecular flexibility index (Phi) is 4.47. The SMILES string of the molecule is Cc1nn(C)cc1CNCC(C)S(C)=O. The van der Waals surface area contributed by atoms with Gasteiger partial charge in [-0.05, 0) is 13.8 Å². The summed E-state index contributed by atoms with van der Waals surface area (Å²) in [6.07, 6.45) is 3.75. The summed E-state index contributed by atoms with van der Waals surface area (Å²) in [5, 5.41) is 7.75. The zero-order chi connectivity index (χ0) is 11.4. The molecule has 1 aromatic heterocycles. The molecule has 0 bridgehead atoms. The molecule has 0 saturated carbocycles. The van der Waals surface area contributed by atoms with Crippen molar-refractivity contribution < 1.29 is 4.21 Å². The highest BCUT2D eigenvalue weighted by atomic mass is 32.2. The van der Waals surface area contributed by atoms with E-state index >= 15 is 0 Å². The molecule has 2 unspecified atom stereocenters. The van der Waals surface area contributed by atoms with Crippen LogP contribution in [-0.4, -0.2) is 32.0 Å². The molecular weight excluding hydrogens is 210 g/mol. The van der Waals surface area contributed by atoms with Crippen LogP contribution in [0.2, 0.25) is 0 Å². The Balaban J connectivity index is 2.38. The average Bonchev–Trinajstić information content (AvgIpc) is 2.45. The molecule has 1 rings (SSSR count).